The number of piperazine rings is 1. The minimum Gasteiger partial charge on any atom is -0.422 e. The molecule has 11 heteroatoms. The van der Waals surface area contributed by atoms with Gasteiger partial charge in [0.05, 0.1) is 10.6 Å². The van der Waals surface area contributed by atoms with Crippen LogP contribution in [0.2, 0.25) is 5.02 Å². The molecule has 2 amide bonds. The summed E-state index contributed by atoms with van der Waals surface area (Å²) < 4.78 is 34.8. The van der Waals surface area contributed by atoms with Gasteiger partial charge in [0.15, 0.2) is 0 Å². The molecule has 3 aliphatic heterocycles. The average Bonchev–Trinajstić information content (AvgIpc) is 3.26. The fourth-order valence-corrected chi connectivity index (χ4v) is 7.83. The maximum absolute atomic E-state index is 14.5. The third kappa shape index (κ3) is 4.96. The Morgan fingerprint density at radius 3 is 2.14 bits per heavy atom. The third-order valence-electron chi connectivity index (χ3n) is 8.52. The molecule has 3 aromatic carbocycles. The normalized spacial score (nSPS) is 22.3. The quantitative estimate of drug-likeness (QED) is 0.429. The molecule has 3 heterocycles. The number of amides is 2. The number of anilines is 1. The molecular weight excluding hydrogens is 576 g/mol. The van der Waals surface area contributed by atoms with Crippen LogP contribution in [0.15, 0.2) is 83.8 Å². The van der Waals surface area contributed by atoms with E-state index in [2.05, 4.69) is 16.8 Å². The third-order valence-corrected chi connectivity index (χ3v) is 10.5. The summed E-state index contributed by atoms with van der Waals surface area (Å²) in [6, 6.07) is 21.2. The summed E-state index contributed by atoms with van der Waals surface area (Å²) in [4.78, 5) is 34.7. The Balaban J connectivity index is 1.35. The van der Waals surface area contributed by atoms with Crippen molar-refractivity contribution in [2.24, 2.45) is 0 Å². The maximum Gasteiger partial charge on any atom is 0.411 e. The van der Waals surface area contributed by atoms with Gasteiger partial charge in [-0.3, -0.25) is 9.69 Å². The van der Waals surface area contributed by atoms with Crippen molar-refractivity contribution in [1.29, 1.82) is 0 Å². The molecule has 6 rings (SSSR count). The highest BCUT2D eigenvalue weighted by molar-refractivity contribution is 7.93. The van der Waals surface area contributed by atoms with E-state index in [1.54, 1.807) is 53.4 Å². The van der Waals surface area contributed by atoms with Crippen LogP contribution in [0.1, 0.15) is 24.0 Å². The number of likely N-dealkylation sites (tertiary alicyclic amines) is 1. The van der Waals surface area contributed by atoms with Crippen LogP contribution in [0.3, 0.4) is 0 Å². The zero-order chi connectivity index (χ0) is 29.5. The highest BCUT2D eigenvalue weighted by Crippen LogP contribution is 2.50. The van der Waals surface area contributed by atoms with Crippen molar-refractivity contribution in [3.8, 4) is 0 Å². The predicted octanol–water partition coefficient (Wildman–Crippen LogP) is 4.17. The van der Waals surface area contributed by atoms with Gasteiger partial charge in [-0.05, 0) is 50.2 Å². The van der Waals surface area contributed by atoms with Gasteiger partial charge in [0, 0.05) is 61.5 Å². The van der Waals surface area contributed by atoms with Crippen molar-refractivity contribution in [1.82, 2.24) is 14.7 Å². The highest BCUT2D eigenvalue weighted by Gasteiger charge is 2.59. The molecule has 2 saturated heterocycles. The Labute approximate surface area is 251 Å². The lowest BCUT2D eigenvalue weighted by atomic mass is 9.87. The molecule has 220 valence electrons. The first-order chi connectivity index (χ1) is 20.2. The van der Waals surface area contributed by atoms with Gasteiger partial charge in [0.1, 0.15) is 0 Å². The van der Waals surface area contributed by atoms with Gasteiger partial charge >= 0.3 is 6.09 Å². The number of sulfonamides is 1. The van der Waals surface area contributed by atoms with E-state index in [0.717, 1.165) is 43.3 Å². The lowest BCUT2D eigenvalue weighted by Crippen LogP contribution is -2.54. The Bertz CT molecular complexity index is 1570. The summed E-state index contributed by atoms with van der Waals surface area (Å²) in [6.07, 6.45) is 0.915. The number of carbonyl (C=O) groups is 2. The maximum atomic E-state index is 14.5. The van der Waals surface area contributed by atoms with E-state index in [1.807, 2.05) is 0 Å². The molecule has 9 nitrogen and oxygen atoms in total. The number of carbonyl (C=O) groups excluding carboxylic acids is 2. The molecule has 0 aliphatic carbocycles. The van der Waals surface area contributed by atoms with Crippen molar-refractivity contribution in [3.05, 3.63) is 95.0 Å². The lowest BCUT2D eigenvalue weighted by molar-refractivity contribution is -0.132. The van der Waals surface area contributed by atoms with E-state index in [4.69, 9.17) is 16.3 Å². The summed E-state index contributed by atoms with van der Waals surface area (Å²) in [7, 11) is -2.23. The van der Waals surface area contributed by atoms with E-state index in [1.165, 1.54) is 30.3 Å². The first-order valence-corrected chi connectivity index (χ1v) is 15.9. The number of likely N-dealkylation sites (N-methyl/N-ethyl adjacent to an activating group) is 1. The summed E-state index contributed by atoms with van der Waals surface area (Å²) in [6.45, 7) is 5.00. The number of rotatable bonds is 5. The number of halogens is 1. The molecule has 3 aliphatic rings. The van der Waals surface area contributed by atoms with Crippen molar-refractivity contribution >= 4 is 39.3 Å². The number of piperidine rings is 1. The van der Waals surface area contributed by atoms with Gasteiger partial charge in [0.2, 0.25) is 5.60 Å². The van der Waals surface area contributed by atoms with Gasteiger partial charge in [-0.15, -0.1) is 0 Å². The number of hydrogen-bond acceptors (Lipinski definition) is 7. The molecule has 42 heavy (non-hydrogen) atoms. The predicted molar refractivity (Wildman–Crippen MR) is 160 cm³/mol. The van der Waals surface area contributed by atoms with Crippen molar-refractivity contribution in [2.75, 3.05) is 50.6 Å². The van der Waals surface area contributed by atoms with E-state index < -0.39 is 27.6 Å². The summed E-state index contributed by atoms with van der Waals surface area (Å²) in [5.41, 5.74) is -1.41. The van der Waals surface area contributed by atoms with E-state index in [-0.39, 0.29) is 21.2 Å². The zero-order valence-electron chi connectivity index (χ0n) is 23.4. The molecule has 2 fully saturated rings. The smallest absolute Gasteiger partial charge is 0.411 e. The molecule has 0 radical (unpaired) electrons. The van der Waals surface area contributed by atoms with Gasteiger partial charge < -0.3 is 14.5 Å². The monoisotopic (exact) mass is 608 g/mol. The van der Waals surface area contributed by atoms with Crippen LogP contribution in [0.4, 0.5) is 10.5 Å². The Kier molecular flexibility index (Phi) is 7.74. The van der Waals surface area contributed by atoms with Crippen LogP contribution in [0, 0.1) is 0 Å². The van der Waals surface area contributed by atoms with Crippen LogP contribution in [-0.4, -0.2) is 87.5 Å². The van der Waals surface area contributed by atoms with Crippen LogP contribution in [0.25, 0.3) is 0 Å². The summed E-state index contributed by atoms with van der Waals surface area (Å²) in [5, 5.41) is 0.282. The van der Waals surface area contributed by atoms with Crippen molar-refractivity contribution in [2.45, 2.75) is 29.4 Å². The van der Waals surface area contributed by atoms with E-state index >= 15 is 0 Å². The number of nitrogens with zero attached hydrogens (tertiary/aromatic N) is 4. The van der Waals surface area contributed by atoms with Crippen LogP contribution in [0.5, 0.6) is 0 Å². The van der Waals surface area contributed by atoms with Gasteiger partial charge in [0.25, 0.3) is 15.9 Å². The Morgan fingerprint density at radius 2 is 1.50 bits per heavy atom. The van der Waals surface area contributed by atoms with Gasteiger partial charge in [-0.25, -0.2) is 13.2 Å². The highest BCUT2D eigenvalue weighted by atomic mass is 35.5. The molecular formula is C31H33ClN4O5S. The van der Waals surface area contributed by atoms with Crippen molar-refractivity contribution < 1.29 is 22.7 Å². The van der Waals surface area contributed by atoms with Crippen molar-refractivity contribution in [3.63, 3.8) is 0 Å². The fourth-order valence-electron chi connectivity index (χ4n) is 6.18. The average molecular weight is 609 g/mol. The second-order valence-electron chi connectivity index (χ2n) is 11.0. The van der Waals surface area contributed by atoms with Crippen LogP contribution < -0.4 is 4.31 Å². The molecule has 0 saturated carbocycles. The summed E-state index contributed by atoms with van der Waals surface area (Å²) in [5.74, 6) is -0.893. The molecule has 0 bridgehead atoms. The summed E-state index contributed by atoms with van der Waals surface area (Å²) >= 11 is 6.41. The van der Waals surface area contributed by atoms with E-state index in [9.17, 15) is 18.0 Å². The number of fused-ring (bicyclic) bond motifs is 1. The molecule has 0 spiro atoms. The van der Waals surface area contributed by atoms with Gasteiger partial charge in [-0.2, -0.15) is 4.31 Å². The number of hydrogen-bond donors (Lipinski definition) is 0. The molecule has 1 atom stereocenters. The Hall–Kier alpha value is -3.44. The van der Waals surface area contributed by atoms with Crippen LogP contribution in [-0.2, 0) is 25.2 Å². The minimum absolute atomic E-state index is 0.0552. The molecule has 1 unspecified atom stereocenters. The second kappa shape index (κ2) is 11.3. The Morgan fingerprint density at radius 1 is 0.881 bits per heavy atom. The molecule has 0 aromatic heterocycles. The largest absolute Gasteiger partial charge is 0.422 e. The standard InChI is InChI=1S/C31H33ClN4O5S/c1-33-18-20-34(21-19-33)25-14-16-35(17-15-25)30(38)41-31(23-8-4-2-5-9-23)27-22-24(32)12-13-28(27)36(29(31)37)42(39,40)26-10-6-3-7-11-26/h2-13,22,25H,14-21H2,1H3. The number of ether oxygens (including phenoxy) is 1. The minimum atomic E-state index is -4.35. The van der Waals surface area contributed by atoms with E-state index in [0.29, 0.717) is 24.7 Å². The molecule has 0 N–H and O–H groups in total. The first-order valence-electron chi connectivity index (χ1n) is 14.1. The second-order valence-corrected chi connectivity index (χ2v) is 13.2. The fraction of sp³-hybridized carbons (Fsp3) is 0.355. The van der Waals surface area contributed by atoms with Crippen LogP contribution >= 0.6 is 11.6 Å². The lowest BCUT2D eigenvalue weighted by Gasteiger charge is -2.42. The zero-order valence-corrected chi connectivity index (χ0v) is 24.9. The number of benzene rings is 3. The first kappa shape index (κ1) is 28.7. The van der Waals surface area contributed by atoms with Gasteiger partial charge in [-0.1, -0.05) is 60.1 Å². The molecule has 3 aromatic rings. The topological polar surface area (TPSA) is 90.5 Å². The SMILES string of the molecule is CN1CCN(C2CCN(C(=O)OC3(c4ccccc4)C(=O)N(S(=O)(=O)c4ccccc4)c4ccc(Cl)cc43)CC2)CC1.